The molecule has 1 N–H and O–H groups in total. The van der Waals surface area contributed by atoms with Crippen LogP contribution in [0.2, 0.25) is 0 Å². The Kier molecular flexibility index (Phi) is 6.21. The highest BCUT2D eigenvalue weighted by Gasteiger charge is 2.08. The van der Waals surface area contributed by atoms with Crippen molar-refractivity contribution in [2.45, 2.75) is 26.9 Å². The zero-order valence-corrected chi connectivity index (χ0v) is 15.2. The minimum absolute atomic E-state index is 0.669. The molecule has 0 amide bonds. The Balaban J connectivity index is 1.91. The first-order valence-corrected chi connectivity index (χ1v) is 8.82. The summed E-state index contributed by atoms with van der Waals surface area (Å²) in [5, 5.41) is 6.63. The summed E-state index contributed by atoms with van der Waals surface area (Å²) < 4.78 is 1.12. The van der Waals surface area contributed by atoms with Gasteiger partial charge in [0.15, 0.2) is 5.13 Å². The van der Waals surface area contributed by atoms with E-state index in [1.165, 1.54) is 5.56 Å². The largest absolute Gasteiger partial charge is 0.347 e. The number of nitrogens with zero attached hydrogens (tertiary/aromatic N) is 2. The lowest BCUT2D eigenvalue weighted by Gasteiger charge is -2.15. The van der Waals surface area contributed by atoms with Gasteiger partial charge in [-0.05, 0) is 30.2 Å². The van der Waals surface area contributed by atoms with E-state index in [0.29, 0.717) is 5.92 Å². The third-order valence-electron chi connectivity index (χ3n) is 3.03. The van der Waals surface area contributed by atoms with Crippen LogP contribution in [0, 0.1) is 5.92 Å². The van der Waals surface area contributed by atoms with E-state index in [9.17, 15) is 0 Å². The minimum atomic E-state index is 0.669. The number of benzene rings is 1. The molecule has 1 aromatic carbocycles. The standard InChI is InChI=1S/C16H22BrN3S/c1-12(2)8-18-9-15-11-21-16(19-15)20(3)10-13-5-4-6-14(17)7-13/h4-7,11-12,18H,8-10H2,1-3H3. The number of hydrogen-bond donors (Lipinski definition) is 1. The summed E-state index contributed by atoms with van der Waals surface area (Å²) in [6.07, 6.45) is 0. The van der Waals surface area contributed by atoms with Gasteiger partial charge in [0.2, 0.25) is 0 Å². The fraction of sp³-hybridized carbons (Fsp3) is 0.438. The molecule has 0 aliphatic heterocycles. The van der Waals surface area contributed by atoms with Crippen LogP contribution in [0.15, 0.2) is 34.1 Å². The Hall–Kier alpha value is -0.910. The Labute approximate surface area is 139 Å². The smallest absolute Gasteiger partial charge is 0.185 e. The summed E-state index contributed by atoms with van der Waals surface area (Å²) in [4.78, 5) is 6.89. The van der Waals surface area contributed by atoms with E-state index in [0.717, 1.165) is 34.9 Å². The zero-order chi connectivity index (χ0) is 15.2. The zero-order valence-electron chi connectivity index (χ0n) is 12.8. The monoisotopic (exact) mass is 367 g/mol. The quantitative estimate of drug-likeness (QED) is 0.790. The average Bonchev–Trinajstić information content (AvgIpc) is 2.87. The van der Waals surface area contributed by atoms with Crippen LogP contribution in [0.5, 0.6) is 0 Å². The lowest BCUT2D eigenvalue weighted by Crippen LogP contribution is -2.19. The molecule has 0 aliphatic carbocycles. The summed E-state index contributed by atoms with van der Waals surface area (Å²) in [6.45, 7) is 7.17. The Morgan fingerprint density at radius 1 is 1.38 bits per heavy atom. The molecule has 114 valence electrons. The number of rotatable bonds is 7. The normalized spacial score (nSPS) is 11.1. The summed E-state index contributed by atoms with van der Waals surface area (Å²) >= 11 is 5.22. The fourth-order valence-corrected chi connectivity index (χ4v) is 3.26. The van der Waals surface area contributed by atoms with Crippen LogP contribution in [-0.2, 0) is 13.1 Å². The highest BCUT2D eigenvalue weighted by molar-refractivity contribution is 9.10. The predicted molar refractivity (Wildman–Crippen MR) is 94.9 cm³/mol. The van der Waals surface area contributed by atoms with Crippen LogP contribution < -0.4 is 10.2 Å². The van der Waals surface area contributed by atoms with Gasteiger partial charge in [-0.3, -0.25) is 0 Å². The SMILES string of the molecule is CC(C)CNCc1csc(N(C)Cc2cccc(Br)c2)n1. The molecule has 1 heterocycles. The summed E-state index contributed by atoms with van der Waals surface area (Å²) in [6, 6.07) is 8.40. The van der Waals surface area contributed by atoms with E-state index in [2.05, 4.69) is 70.6 Å². The van der Waals surface area contributed by atoms with Crippen LogP contribution in [0.25, 0.3) is 0 Å². The molecule has 0 unspecified atom stereocenters. The molecule has 0 aliphatic rings. The molecule has 0 saturated carbocycles. The first kappa shape index (κ1) is 16.5. The van der Waals surface area contributed by atoms with Crippen molar-refractivity contribution in [2.24, 2.45) is 5.92 Å². The van der Waals surface area contributed by atoms with Crippen molar-refractivity contribution in [1.29, 1.82) is 0 Å². The van der Waals surface area contributed by atoms with Gasteiger partial charge < -0.3 is 10.2 Å². The molecule has 21 heavy (non-hydrogen) atoms. The second-order valence-corrected chi connectivity index (χ2v) is 7.38. The molecule has 0 radical (unpaired) electrons. The molecule has 2 aromatic rings. The van der Waals surface area contributed by atoms with Crippen molar-refractivity contribution in [2.75, 3.05) is 18.5 Å². The summed E-state index contributed by atoms with van der Waals surface area (Å²) in [5.41, 5.74) is 2.40. The first-order chi connectivity index (χ1) is 10.0. The third-order valence-corrected chi connectivity index (χ3v) is 4.53. The van der Waals surface area contributed by atoms with Gasteiger partial charge in [-0.25, -0.2) is 4.98 Å². The lowest BCUT2D eigenvalue weighted by atomic mass is 10.2. The lowest BCUT2D eigenvalue weighted by molar-refractivity contribution is 0.549. The molecule has 2 rings (SSSR count). The maximum absolute atomic E-state index is 4.70. The molecule has 0 atom stereocenters. The van der Waals surface area contributed by atoms with E-state index < -0.39 is 0 Å². The van der Waals surface area contributed by atoms with Crippen molar-refractivity contribution in [3.05, 3.63) is 45.4 Å². The molecule has 0 spiro atoms. The number of anilines is 1. The van der Waals surface area contributed by atoms with E-state index in [-0.39, 0.29) is 0 Å². The van der Waals surface area contributed by atoms with Crippen molar-refractivity contribution in [3.63, 3.8) is 0 Å². The fourth-order valence-electron chi connectivity index (χ4n) is 2.02. The van der Waals surface area contributed by atoms with Crippen LogP contribution in [0.1, 0.15) is 25.1 Å². The summed E-state index contributed by atoms with van der Waals surface area (Å²) in [7, 11) is 2.09. The summed E-state index contributed by atoms with van der Waals surface area (Å²) in [5.74, 6) is 0.669. The van der Waals surface area contributed by atoms with Gasteiger partial charge in [0.25, 0.3) is 0 Å². The van der Waals surface area contributed by atoms with Crippen LogP contribution in [-0.4, -0.2) is 18.6 Å². The molecule has 3 nitrogen and oxygen atoms in total. The second-order valence-electron chi connectivity index (χ2n) is 5.63. The maximum Gasteiger partial charge on any atom is 0.185 e. The molecule has 0 bridgehead atoms. The van der Waals surface area contributed by atoms with Gasteiger partial charge in [0.05, 0.1) is 5.69 Å². The third kappa shape index (κ3) is 5.41. The average molecular weight is 368 g/mol. The number of halogens is 1. The minimum Gasteiger partial charge on any atom is -0.347 e. The van der Waals surface area contributed by atoms with Crippen LogP contribution in [0.4, 0.5) is 5.13 Å². The van der Waals surface area contributed by atoms with Gasteiger partial charge in [-0.15, -0.1) is 11.3 Å². The Bertz CT molecular complexity index is 568. The molecular weight excluding hydrogens is 346 g/mol. The molecule has 5 heteroatoms. The van der Waals surface area contributed by atoms with Gasteiger partial charge in [-0.2, -0.15) is 0 Å². The van der Waals surface area contributed by atoms with Gasteiger partial charge in [0.1, 0.15) is 0 Å². The maximum atomic E-state index is 4.70. The van der Waals surface area contributed by atoms with Crippen LogP contribution in [0.3, 0.4) is 0 Å². The highest BCUT2D eigenvalue weighted by Crippen LogP contribution is 2.22. The molecule has 0 fully saturated rings. The van der Waals surface area contributed by atoms with Gasteiger partial charge in [0, 0.05) is 30.0 Å². The van der Waals surface area contributed by atoms with E-state index in [4.69, 9.17) is 4.98 Å². The Morgan fingerprint density at radius 2 is 2.19 bits per heavy atom. The van der Waals surface area contributed by atoms with Crippen molar-refractivity contribution < 1.29 is 0 Å². The highest BCUT2D eigenvalue weighted by atomic mass is 79.9. The first-order valence-electron chi connectivity index (χ1n) is 7.15. The van der Waals surface area contributed by atoms with Crippen LogP contribution >= 0.6 is 27.3 Å². The number of thiazole rings is 1. The van der Waals surface area contributed by atoms with Gasteiger partial charge >= 0.3 is 0 Å². The van der Waals surface area contributed by atoms with Gasteiger partial charge in [-0.1, -0.05) is 41.9 Å². The van der Waals surface area contributed by atoms with Crippen molar-refractivity contribution in [1.82, 2.24) is 10.3 Å². The van der Waals surface area contributed by atoms with Crippen molar-refractivity contribution in [3.8, 4) is 0 Å². The molecular formula is C16H22BrN3S. The second kappa shape index (κ2) is 7.92. The van der Waals surface area contributed by atoms with E-state index in [1.807, 2.05) is 6.07 Å². The van der Waals surface area contributed by atoms with Crippen molar-refractivity contribution >= 4 is 32.4 Å². The number of nitrogens with one attached hydrogen (secondary N) is 1. The van der Waals surface area contributed by atoms with E-state index in [1.54, 1.807) is 11.3 Å². The molecule has 0 saturated heterocycles. The predicted octanol–water partition coefficient (Wildman–Crippen LogP) is 4.29. The number of hydrogen-bond acceptors (Lipinski definition) is 4. The topological polar surface area (TPSA) is 28.2 Å². The number of aromatic nitrogens is 1. The van der Waals surface area contributed by atoms with E-state index >= 15 is 0 Å². The molecule has 1 aromatic heterocycles. The Morgan fingerprint density at radius 3 is 2.90 bits per heavy atom.